The number of aliphatic imine (C=N–C) groups is 1. The van der Waals surface area contributed by atoms with Crippen molar-refractivity contribution >= 4 is 12.1 Å². The molecule has 0 N–H and O–H groups in total. The average molecular weight is 195 g/mol. The molecule has 0 fully saturated rings. The fourth-order valence-electron chi connectivity index (χ4n) is 1.88. The van der Waals surface area contributed by atoms with Crippen molar-refractivity contribution in [2.24, 2.45) is 4.99 Å². The molecule has 0 unspecified atom stereocenters. The zero-order chi connectivity index (χ0) is 10.7. The van der Waals surface area contributed by atoms with Gasteiger partial charge in [0.15, 0.2) is 0 Å². The molecule has 74 valence electrons. The van der Waals surface area contributed by atoms with Crippen molar-refractivity contribution in [1.29, 1.82) is 0 Å². The molecule has 15 heavy (non-hydrogen) atoms. The molecular formula is C12H14LiNO. The second-order valence-electron chi connectivity index (χ2n) is 3.56. The second-order valence-corrected chi connectivity index (χ2v) is 3.56. The van der Waals surface area contributed by atoms with Gasteiger partial charge in [0, 0.05) is 0 Å². The molecule has 1 amide bonds. The number of rotatable bonds is 2. The van der Waals surface area contributed by atoms with Gasteiger partial charge in [0.2, 0.25) is 0 Å². The summed E-state index contributed by atoms with van der Waals surface area (Å²) in [4.78, 5) is 13.8. The summed E-state index contributed by atoms with van der Waals surface area (Å²) in [6, 6.07) is 4.18. The smallest absolute Gasteiger partial charge is 0.416 e. The van der Waals surface area contributed by atoms with Crippen LogP contribution in [0.5, 0.6) is 0 Å². The topological polar surface area (TPSA) is 29.4 Å². The van der Waals surface area contributed by atoms with Gasteiger partial charge in [0.25, 0.3) is 0 Å². The van der Waals surface area contributed by atoms with Crippen molar-refractivity contribution in [3.8, 4) is 0 Å². The largest absolute Gasteiger partial charge is 1.00 e. The molecule has 0 heterocycles. The number of benzene rings is 1. The van der Waals surface area contributed by atoms with Gasteiger partial charge in [-0.25, -0.2) is 0 Å². The third kappa shape index (κ3) is 3.34. The van der Waals surface area contributed by atoms with Gasteiger partial charge in [0.05, 0.1) is 6.41 Å². The van der Waals surface area contributed by atoms with Crippen molar-refractivity contribution in [2.45, 2.75) is 27.7 Å². The van der Waals surface area contributed by atoms with Gasteiger partial charge in [0.1, 0.15) is 0 Å². The first-order valence-corrected chi connectivity index (χ1v) is 4.56. The van der Waals surface area contributed by atoms with Crippen LogP contribution in [0.1, 0.15) is 29.2 Å². The Morgan fingerprint density at radius 2 is 1.67 bits per heavy atom. The number of amides is 1. The molecule has 1 aromatic rings. The number of carbonyl (C=O) groups excluding carboxylic acids is 1. The first-order valence-electron chi connectivity index (χ1n) is 4.56. The van der Waals surface area contributed by atoms with Crippen LogP contribution >= 0.6 is 0 Å². The number of nitrogens with zero attached hydrogens (tertiary/aromatic N) is 1. The van der Waals surface area contributed by atoms with E-state index in [1.165, 1.54) is 5.56 Å². The molecule has 0 atom stereocenters. The van der Waals surface area contributed by atoms with Crippen LogP contribution in [-0.4, -0.2) is 12.1 Å². The molecule has 0 saturated carbocycles. The first kappa shape index (κ1) is 14.2. The average Bonchev–Trinajstić information content (AvgIpc) is 2.01. The van der Waals surface area contributed by atoms with Crippen LogP contribution in [0.3, 0.4) is 0 Å². The Balaban J connectivity index is 0.00000196. The summed E-state index contributed by atoms with van der Waals surface area (Å²) in [6.45, 7) is 7.94. The van der Waals surface area contributed by atoms with E-state index < -0.39 is 0 Å². The zero-order valence-electron chi connectivity index (χ0n) is 10.0. The maximum Gasteiger partial charge on any atom is 1.00 e. The maximum absolute atomic E-state index is 10.2. The fraction of sp³-hybridized carbons (Fsp3) is 0.333. The molecule has 0 aliphatic carbocycles. The van der Waals surface area contributed by atoms with E-state index in [1.54, 1.807) is 6.41 Å². The fourth-order valence-corrected chi connectivity index (χ4v) is 1.88. The van der Waals surface area contributed by atoms with Gasteiger partial charge in [-0.2, -0.15) is 0 Å². The molecule has 0 aliphatic rings. The molecule has 3 heteroatoms. The van der Waals surface area contributed by atoms with Crippen molar-refractivity contribution in [3.63, 3.8) is 0 Å². The van der Waals surface area contributed by atoms with E-state index in [9.17, 15) is 4.79 Å². The first-order chi connectivity index (χ1) is 6.56. The Morgan fingerprint density at radius 1 is 1.20 bits per heavy atom. The van der Waals surface area contributed by atoms with Crippen molar-refractivity contribution in [3.05, 3.63) is 34.4 Å². The summed E-state index contributed by atoms with van der Waals surface area (Å²) in [5, 5.41) is 0. The number of hydrogen-bond acceptors (Lipinski definition) is 1. The van der Waals surface area contributed by atoms with Crippen molar-refractivity contribution < 1.29 is 23.7 Å². The summed E-state index contributed by atoms with van der Waals surface area (Å²) in [5.41, 5.74) is 5.32. The van der Waals surface area contributed by atoms with E-state index in [-0.39, 0.29) is 18.9 Å². The number of hydrogen-bond donors (Lipinski definition) is 0. The Kier molecular flexibility index (Phi) is 5.57. The van der Waals surface area contributed by atoms with Crippen molar-refractivity contribution in [1.82, 2.24) is 0 Å². The summed E-state index contributed by atoms with van der Waals surface area (Å²) >= 11 is 0. The monoisotopic (exact) mass is 195 g/mol. The van der Waals surface area contributed by atoms with E-state index >= 15 is 0 Å². The summed E-state index contributed by atoms with van der Waals surface area (Å²) in [5.74, 6) is 0. The minimum absolute atomic E-state index is 0. The van der Waals surface area contributed by atoms with E-state index in [4.69, 9.17) is 0 Å². The minimum atomic E-state index is 0. The van der Waals surface area contributed by atoms with E-state index in [0.717, 1.165) is 22.4 Å². The molecule has 2 nitrogen and oxygen atoms in total. The maximum atomic E-state index is 10.2. The molecule has 0 bridgehead atoms. The van der Waals surface area contributed by atoms with E-state index in [1.807, 2.05) is 20.8 Å². The van der Waals surface area contributed by atoms with Gasteiger partial charge in [-0.1, -0.05) is 41.3 Å². The molecular weight excluding hydrogens is 181 g/mol. The van der Waals surface area contributed by atoms with Crippen LogP contribution in [0.2, 0.25) is 0 Å². The van der Waals surface area contributed by atoms with Crippen LogP contribution in [0, 0.1) is 20.8 Å². The zero-order valence-corrected chi connectivity index (χ0v) is 10.0. The standard InChI is InChI=1S/C12H14NO.Li/c1-8-5-9(2)12(10(3)6-8)11(4)13-7-14;/h5-6H,1-4H3;/q-1;+1. The van der Waals surface area contributed by atoms with Gasteiger partial charge in [-0.05, 0) is 20.8 Å². The van der Waals surface area contributed by atoms with E-state index in [0.29, 0.717) is 0 Å². The molecule has 0 spiro atoms. The van der Waals surface area contributed by atoms with E-state index in [2.05, 4.69) is 24.0 Å². The second kappa shape index (κ2) is 5.90. The molecule has 0 radical (unpaired) electrons. The van der Waals surface area contributed by atoms with Crippen LogP contribution in [0.25, 0.3) is 0 Å². The summed E-state index contributed by atoms with van der Waals surface area (Å²) in [7, 11) is 0. The quantitative estimate of drug-likeness (QED) is 0.355. The van der Waals surface area contributed by atoms with Gasteiger partial charge < -0.3 is 9.79 Å². The Labute approximate surface area is 103 Å². The Bertz CT molecular complexity index is 374. The van der Waals surface area contributed by atoms with Crippen LogP contribution < -0.4 is 18.9 Å². The normalized spacial score (nSPS) is 10.8. The minimum Gasteiger partial charge on any atom is -0.416 e. The van der Waals surface area contributed by atoms with Crippen LogP contribution in [0.15, 0.2) is 17.1 Å². The Hall–Kier alpha value is -0.843. The Morgan fingerprint density at radius 3 is 2.07 bits per heavy atom. The number of aryl methyl sites for hydroxylation is 3. The molecule has 1 rings (SSSR count). The van der Waals surface area contributed by atoms with Crippen molar-refractivity contribution in [2.75, 3.05) is 0 Å². The van der Waals surface area contributed by atoms with Gasteiger partial charge in [-0.15, -0.1) is 5.71 Å². The van der Waals surface area contributed by atoms with Gasteiger partial charge in [-0.3, -0.25) is 0 Å². The molecule has 1 aromatic carbocycles. The summed E-state index contributed by atoms with van der Waals surface area (Å²) < 4.78 is 0. The third-order valence-corrected chi connectivity index (χ3v) is 2.25. The molecule has 0 saturated heterocycles. The van der Waals surface area contributed by atoms with Crippen LogP contribution in [-0.2, 0) is 4.79 Å². The molecule has 0 aromatic heterocycles. The predicted octanol–water partition coefficient (Wildman–Crippen LogP) is -0.508. The van der Waals surface area contributed by atoms with Gasteiger partial charge >= 0.3 is 18.9 Å². The SMILES string of the molecule is CC(=N[C-]=O)c1c(C)cc(C)cc1C.[Li+]. The summed E-state index contributed by atoms with van der Waals surface area (Å²) in [6.07, 6.45) is 1.57. The predicted molar refractivity (Wildman–Crippen MR) is 58.6 cm³/mol. The van der Waals surface area contributed by atoms with Crippen LogP contribution in [0.4, 0.5) is 0 Å². The molecule has 0 aliphatic heterocycles. The third-order valence-electron chi connectivity index (χ3n) is 2.25.